The smallest absolute Gasteiger partial charge is 0.0537 e. The number of likely N-dealkylation sites (tertiary alicyclic amines) is 1. The number of nitrogens with zero attached hydrogens (tertiary/aromatic N) is 5. The SMILES string of the molecule is CCN1CCC[C@@H](CN(C)Cc2ccncc2)[C@@H]1c1cnn(C)c1. The zero-order valence-corrected chi connectivity index (χ0v) is 15.1. The van der Waals surface area contributed by atoms with E-state index in [0.717, 1.165) is 19.6 Å². The number of aromatic nitrogens is 3. The molecule has 0 N–H and O–H groups in total. The Morgan fingerprint density at radius 2 is 2.08 bits per heavy atom. The summed E-state index contributed by atoms with van der Waals surface area (Å²) in [5.74, 6) is 0.648. The van der Waals surface area contributed by atoms with Crippen molar-refractivity contribution in [1.29, 1.82) is 0 Å². The lowest BCUT2D eigenvalue weighted by Gasteiger charge is -2.42. The van der Waals surface area contributed by atoms with Gasteiger partial charge in [0.1, 0.15) is 0 Å². The van der Waals surface area contributed by atoms with E-state index in [9.17, 15) is 0 Å². The van der Waals surface area contributed by atoms with Gasteiger partial charge in [0.25, 0.3) is 0 Å². The molecule has 1 saturated heterocycles. The first-order valence-electron chi connectivity index (χ1n) is 8.97. The molecule has 5 nitrogen and oxygen atoms in total. The maximum absolute atomic E-state index is 4.41. The van der Waals surface area contributed by atoms with Crippen molar-refractivity contribution in [3.63, 3.8) is 0 Å². The summed E-state index contributed by atoms with van der Waals surface area (Å²) < 4.78 is 1.93. The van der Waals surface area contributed by atoms with Crippen LogP contribution in [0.25, 0.3) is 0 Å². The third kappa shape index (κ3) is 4.02. The van der Waals surface area contributed by atoms with Gasteiger partial charge in [-0.2, -0.15) is 5.10 Å². The summed E-state index contributed by atoms with van der Waals surface area (Å²) in [5, 5.41) is 4.41. The number of hydrogen-bond donors (Lipinski definition) is 0. The molecule has 3 heterocycles. The molecule has 0 saturated carbocycles. The van der Waals surface area contributed by atoms with E-state index in [-0.39, 0.29) is 0 Å². The molecule has 2 aromatic heterocycles. The third-order valence-electron chi connectivity index (χ3n) is 5.08. The molecule has 5 heteroatoms. The van der Waals surface area contributed by atoms with E-state index in [0.29, 0.717) is 12.0 Å². The highest BCUT2D eigenvalue weighted by Gasteiger charge is 2.33. The topological polar surface area (TPSA) is 37.2 Å². The number of rotatable bonds is 6. The van der Waals surface area contributed by atoms with Gasteiger partial charge in [-0.1, -0.05) is 6.92 Å². The fraction of sp³-hybridized carbons (Fsp3) is 0.579. The summed E-state index contributed by atoms with van der Waals surface area (Å²) in [7, 11) is 4.23. The predicted octanol–water partition coefficient (Wildman–Crippen LogP) is 2.72. The van der Waals surface area contributed by atoms with Gasteiger partial charge in [0.15, 0.2) is 0 Å². The minimum atomic E-state index is 0.484. The lowest BCUT2D eigenvalue weighted by Crippen LogP contribution is -2.42. The summed E-state index contributed by atoms with van der Waals surface area (Å²) in [6.45, 7) is 6.65. The maximum Gasteiger partial charge on any atom is 0.0537 e. The lowest BCUT2D eigenvalue weighted by molar-refractivity contribution is 0.0749. The van der Waals surface area contributed by atoms with Gasteiger partial charge in [0, 0.05) is 50.3 Å². The number of piperidine rings is 1. The molecule has 0 radical (unpaired) electrons. The van der Waals surface area contributed by atoms with E-state index in [1.54, 1.807) is 0 Å². The first-order chi connectivity index (χ1) is 11.7. The summed E-state index contributed by atoms with van der Waals surface area (Å²) in [4.78, 5) is 9.17. The standard InChI is InChI=1S/C19H29N5/c1-4-24-11-5-6-17(19(24)18-12-21-23(3)15-18)14-22(2)13-16-7-9-20-10-8-16/h7-10,12,15,17,19H,4-6,11,13-14H2,1-3H3/t17-,19+/m0/s1. The maximum atomic E-state index is 4.41. The van der Waals surface area contributed by atoms with Gasteiger partial charge < -0.3 is 4.90 Å². The molecule has 1 aliphatic heterocycles. The highest BCUT2D eigenvalue weighted by molar-refractivity contribution is 5.14. The fourth-order valence-corrected chi connectivity index (χ4v) is 4.04. The Balaban J connectivity index is 1.71. The van der Waals surface area contributed by atoms with Crippen molar-refractivity contribution in [3.05, 3.63) is 48.0 Å². The van der Waals surface area contributed by atoms with Crippen LogP contribution < -0.4 is 0 Å². The van der Waals surface area contributed by atoms with Crippen LogP contribution >= 0.6 is 0 Å². The summed E-state index contributed by atoms with van der Waals surface area (Å²) in [6.07, 6.45) is 10.6. The molecule has 3 rings (SSSR count). The molecule has 0 unspecified atom stereocenters. The van der Waals surface area contributed by atoms with Crippen LogP contribution in [0.3, 0.4) is 0 Å². The third-order valence-corrected chi connectivity index (χ3v) is 5.08. The van der Waals surface area contributed by atoms with Gasteiger partial charge in [0.05, 0.1) is 6.20 Å². The van der Waals surface area contributed by atoms with Crippen molar-refractivity contribution in [2.75, 3.05) is 26.7 Å². The molecular weight excluding hydrogens is 298 g/mol. The first kappa shape index (κ1) is 17.1. The van der Waals surface area contributed by atoms with E-state index >= 15 is 0 Å². The second kappa shape index (κ2) is 7.90. The van der Waals surface area contributed by atoms with Gasteiger partial charge in [-0.3, -0.25) is 14.6 Å². The Labute approximate surface area is 145 Å². The molecule has 0 aromatic carbocycles. The minimum Gasteiger partial charge on any atom is -0.302 e. The second-order valence-corrected chi connectivity index (χ2v) is 6.98. The highest BCUT2D eigenvalue weighted by Crippen LogP contribution is 2.36. The Bertz CT molecular complexity index is 624. The van der Waals surface area contributed by atoms with Crippen LogP contribution in [-0.2, 0) is 13.6 Å². The molecule has 1 aliphatic rings. The Kier molecular flexibility index (Phi) is 5.63. The van der Waals surface area contributed by atoms with Crippen molar-refractivity contribution < 1.29 is 0 Å². The van der Waals surface area contributed by atoms with Crippen molar-refractivity contribution >= 4 is 0 Å². The van der Waals surface area contributed by atoms with Crippen LogP contribution in [0.2, 0.25) is 0 Å². The van der Waals surface area contributed by atoms with Crippen molar-refractivity contribution in [2.45, 2.75) is 32.4 Å². The molecule has 1 fully saturated rings. The second-order valence-electron chi connectivity index (χ2n) is 6.98. The van der Waals surface area contributed by atoms with Crippen LogP contribution in [-0.4, -0.2) is 51.2 Å². The molecule has 2 aromatic rings. The quantitative estimate of drug-likeness (QED) is 0.817. The van der Waals surface area contributed by atoms with Crippen molar-refractivity contribution in [2.24, 2.45) is 13.0 Å². The fourth-order valence-electron chi connectivity index (χ4n) is 4.04. The lowest BCUT2D eigenvalue weighted by atomic mass is 9.85. The molecule has 0 bridgehead atoms. The first-order valence-corrected chi connectivity index (χ1v) is 8.97. The van der Waals surface area contributed by atoms with E-state index in [1.165, 1.54) is 30.5 Å². The largest absolute Gasteiger partial charge is 0.302 e. The summed E-state index contributed by atoms with van der Waals surface area (Å²) in [5.41, 5.74) is 2.69. The average Bonchev–Trinajstić information content (AvgIpc) is 3.01. The van der Waals surface area contributed by atoms with Crippen molar-refractivity contribution in [3.8, 4) is 0 Å². The van der Waals surface area contributed by atoms with Gasteiger partial charge in [-0.15, -0.1) is 0 Å². The Morgan fingerprint density at radius 3 is 2.75 bits per heavy atom. The van der Waals surface area contributed by atoms with Crippen LogP contribution in [0.5, 0.6) is 0 Å². The van der Waals surface area contributed by atoms with E-state index < -0.39 is 0 Å². The molecule has 130 valence electrons. The monoisotopic (exact) mass is 327 g/mol. The number of pyridine rings is 1. The highest BCUT2D eigenvalue weighted by atomic mass is 15.3. The molecular formula is C19H29N5. The number of aryl methyl sites for hydroxylation is 1. The molecule has 24 heavy (non-hydrogen) atoms. The average molecular weight is 327 g/mol. The van der Waals surface area contributed by atoms with Crippen LogP contribution in [0.1, 0.15) is 36.9 Å². The Morgan fingerprint density at radius 1 is 1.29 bits per heavy atom. The summed E-state index contributed by atoms with van der Waals surface area (Å²) in [6, 6.07) is 4.69. The van der Waals surface area contributed by atoms with Gasteiger partial charge in [-0.25, -0.2) is 0 Å². The molecule has 0 spiro atoms. The van der Waals surface area contributed by atoms with Crippen LogP contribution in [0.15, 0.2) is 36.9 Å². The molecule has 0 amide bonds. The predicted molar refractivity (Wildman–Crippen MR) is 96.5 cm³/mol. The van der Waals surface area contributed by atoms with E-state index in [4.69, 9.17) is 0 Å². The minimum absolute atomic E-state index is 0.484. The normalized spacial score (nSPS) is 22.2. The van der Waals surface area contributed by atoms with Gasteiger partial charge in [-0.05, 0) is 56.6 Å². The van der Waals surface area contributed by atoms with E-state index in [1.807, 2.05) is 24.1 Å². The van der Waals surface area contributed by atoms with Crippen molar-refractivity contribution in [1.82, 2.24) is 24.6 Å². The van der Waals surface area contributed by atoms with Gasteiger partial charge in [0.2, 0.25) is 0 Å². The van der Waals surface area contributed by atoms with Gasteiger partial charge >= 0.3 is 0 Å². The molecule has 0 aliphatic carbocycles. The molecule has 2 atom stereocenters. The zero-order chi connectivity index (χ0) is 16.9. The van der Waals surface area contributed by atoms with E-state index in [2.05, 4.69) is 58.4 Å². The van der Waals surface area contributed by atoms with Crippen LogP contribution in [0.4, 0.5) is 0 Å². The number of hydrogen-bond acceptors (Lipinski definition) is 4. The van der Waals surface area contributed by atoms with Crippen LogP contribution in [0, 0.1) is 5.92 Å². The summed E-state index contributed by atoms with van der Waals surface area (Å²) >= 11 is 0. The zero-order valence-electron chi connectivity index (χ0n) is 15.1. The Hall–Kier alpha value is -1.72.